The Hall–Kier alpha value is -3.54. The summed E-state index contributed by atoms with van der Waals surface area (Å²) >= 11 is 0. The summed E-state index contributed by atoms with van der Waals surface area (Å²) in [5, 5.41) is 2.60. The second-order valence-corrected chi connectivity index (χ2v) is 5.85. The fraction of sp³-hybridized carbons (Fsp3) is 0.136. The second-order valence-electron chi connectivity index (χ2n) is 5.85. The Morgan fingerprint density at radius 2 is 1.86 bits per heavy atom. The molecular weight excluding hydrogens is 357 g/mol. The highest BCUT2D eigenvalue weighted by atomic mass is 19.1. The van der Waals surface area contributed by atoms with E-state index in [2.05, 4.69) is 15.3 Å². The number of fused-ring (bicyclic) bond motifs is 1. The van der Waals surface area contributed by atoms with Crippen molar-refractivity contribution in [2.45, 2.75) is 20.8 Å². The van der Waals surface area contributed by atoms with Crippen LogP contribution in [0.4, 0.5) is 10.2 Å². The molecule has 0 fully saturated rings. The van der Waals surface area contributed by atoms with Crippen molar-refractivity contribution in [2.75, 3.05) is 5.32 Å². The predicted octanol–water partition coefficient (Wildman–Crippen LogP) is 5.62. The molecule has 2 heterocycles. The molecule has 2 aromatic heterocycles. The third-order valence-electron chi connectivity index (χ3n) is 4.11. The number of oxazole rings is 1. The van der Waals surface area contributed by atoms with E-state index in [0.717, 1.165) is 22.2 Å². The average Bonchev–Trinajstić information content (AvgIpc) is 3.17. The van der Waals surface area contributed by atoms with E-state index in [4.69, 9.17) is 4.42 Å². The van der Waals surface area contributed by atoms with Crippen molar-refractivity contribution >= 4 is 22.8 Å². The molecule has 0 saturated heterocycles. The highest BCUT2D eigenvalue weighted by Gasteiger charge is 2.12. The van der Waals surface area contributed by atoms with Crippen LogP contribution in [0.25, 0.3) is 22.2 Å². The van der Waals surface area contributed by atoms with Crippen molar-refractivity contribution in [2.24, 2.45) is 0 Å². The molecule has 0 aliphatic rings. The predicted molar refractivity (Wildman–Crippen MR) is 108 cm³/mol. The summed E-state index contributed by atoms with van der Waals surface area (Å²) in [5.41, 5.74) is 4.36. The van der Waals surface area contributed by atoms with Crippen LogP contribution in [0.5, 0.6) is 0 Å². The SMILES string of the molecule is CC.Cc1cc2ncoc2cc1-c1ccc(NC(=O)c2ccccc2F)nc1. The number of pyridine rings is 1. The number of carbonyl (C=O) groups is 1. The molecule has 2 aromatic carbocycles. The summed E-state index contributed by atoms with van der Waals surface area (Å²) < 4.78 is 19.0. The van der Waals surface area contributed by atoms with E-state index < -0.39 is 11.7 Å². The lowest BCUT2D eigenvalue weighted by molar-refractivity contribution is 0.102. The van der Waals surface area contributed by atoms with E-state index in [1.54, 1.807) is 18.3 Å². The van der Waals surface area contributed by atoms with Crippen molar-refractivity contribution in [1.82, 2.24) is 9.97 Å². The van der Waals surface area contributed by atoms with Gasteiger partial charge in [0.25, 0.3) is 5.91 Å². The van der Waals surface area contributed by atoms with Crippen LogP contribution in [0.3, 0.4) is 0 Å². The highest BCUT2D eigenvalue weighted by Crippen LogP contribution is 2.28. The molecule has 4 rings (SSSR count). The number of benzene rings is 2. The van der Waals surface area contributed by atoms with Crippen LogP contribution in [0, 0.1) is 12.7 Å². The highest BCUT2D eigenvalue weighted by molar-refractivity contribution is 6.04. The second kappa shape index (κ2) is 8.43. The molecule has 1 N–H and O–H groups in total. The maximum atomic E-state index is 13.7. The number of carbonyl (C=O) groups excluding carboxylic acids is 1. The number of amides is 1. The molecule has 6 heteroatoms. The van der Waals surface area contributed by atoms with Gasteiger partial charge in [0, 0.05) is 11.8 Å². The number of aryl methyl sites for hydroxylation is 1. The van der Waals surface area contributed by atoms with Crippen molar-refractivity contribution in [3.63, 3.8) is 0 Å². The van der Waals surface area contributed by atoms with Crippen molar-refractivity contribution in [3.8, 4) is 11.1 Å². The molecule has 0 radical (unpaired) electrons. The molecule has 0 bridgehead atoms. The normalized spacial score (nSPS) is 10.3. The van der Waals surface area contributed by atoms with Crippen LogP contribution in [0.2, 0.25) is 0 Å². The van der Waals surface area contributed by atoms with Crippen LogP contribution in [-0.2, 0) is 0 Å². The van der Waals surface area contributed by atoms with Gasteiger partial charge in [-0.05, 0) is 54.4 Å². The molecule has 28 heavy (non-hydrogen) atoms. The van der Waals surface area contributed by atoms with Gasteiger partial charge in [0.15, 0.2) is 12.0 Å². The Labute approximate surface area is 162 Å². The van der Waals surface area contributed by atoms with E-state index in [-0.39, 0.29) is 5.56 Å². The van der Waals surface area contributed by atoms with Gasteiger partial charge in [-0.15, -0.1) is 0 Å². The van der Waals surface area contributed by atoms with Gasteiger partial charge >= 0.3 is 0 Å². The smallest absolute Gasteiger partial charge is 0.259 e. The summed E-state index contributed by atoms with van der Waals surface area (Å²) in [7, 11) is 0. The molecule has 0 spiro atoms. The summed E-state index contributed by atoms with van der Waals surface area (Å²) in [6, 6.07) is 13.2. The molecule has 0 unspecified atom stereocenters. The molecule has 1 amide bonds. The molecule has 4 aromatic rings. The number of rotatable bonds is 3. The zero-order chi connectivity index (χ0) is 20.1. The molecule has 0 aliphatic heterocycles. The van der Waals surface area contributed by atoms with Gasteiger partial charge < -0.3 is 9.73 Å². The lowest BCUT2D eigenvalue weighted by Gasteiger charge is -2.08. The largest absolute Gasteiger partial charge is 0.443 e. The number of hydrogen-bond donors (Lipinski definition) is 1. The van der Waals surface area contributed by atoms with Crippen LogP contribution in [-0.4, -0.2) is 15.9 Å². The summed E-state index contributed by atoms with van der Waals surface area (Å²) in [5.74, 6) is -0.763. The van der Waals surface area contributed by atoms with Crippen LogP contribution < -0.4 is 5.32 Å². The summed E-state index contributed by atoms with van der Waals surface area (Å²) in [6.45, 7) is 5.98. The molecule has 0 atom stereocenters. The number of nitrogens with one attached hydrogen (secondary N) is 1. The van der Waals surface area contributed by atoms with Crippen LogP contribution in [0.1, 0.15) is 29.8 Å². The lowest BCUT2D eigenvalue weighted by Crippen LogP contribution is -2.14. The van der Waals surface area contributed by atoms with Gasteiger partial charge in [0.1, 0.15) is 17.2 Å². The van der Waals surface area contributed by atoms with E-state index in [1.165, 1.54) is 24.6 Å². The third-order valence-corrected chi connectivity index (χ3v) is 4.11. The first-order chi connectivity index (χ1) is 13.6. The maximum absolute atomic E-state index is 13.7. The van der Waals surface area contributed by atoms with Crippen molar-refractivity contribution in [1.29, 1.82) is 0 Å². The minimum atomic E-state index is -0.572. The Morgan fingerprint density at radius 3 is 2.57 bits per heavy atom. The van der Waals surface area contributed by atoms with Crippen molar-refractivity contribution in [3.05, 3.63) is 78.1 Å². The van der Waals surface area contributed by atoms with E-state index in [0.29, 0.717) is 11.4 Å². The monoisotopic (exact) mass is 377 g/mol. The zero-order valence-corrected chi connectivity index (χ0v) is 15.9. The van der Waals surface area contributed by atoms with E-state index >= 15 is 0 Å². The van der Waals surface area contributed by atoms with Gasteiger partial charge in [-0.3, -0.25) is 4.79 Å². The zero-order valence-electron chi connectivity index (χ0n) is 15.9. The maximum Gasteiger partial charge on any atom is 0.259 e. The topological polar surface area (TPSA) is 68.0 Å². The minimum Gasteiger partial charge on any atom is -0.443 e. The fourth-order valence-corrected chi connectivity index (χ4v) is 2.78. The summed E-state index contributed by atoms with van der Waals surface area (Å²) in [4.78, 5) is 20.5. The quantitative estimate of drug-likeness (QED) is 0.503. The van der Waals surface area contributed by atoms with Crippen LogP contribution in [0.15, 0.2) is 65.5 Å². The standard InChI is InChI=1S/C20H14FN3O2.C2H6/c1-12-8-17-18(26-11-23-17)9-15(12)13-6-7-19(22-10-13)24-20(25)14-4-2-3-5-16(14)21;1-2/h2-11H,1H3,(H,22,24,25);1-2H3. The first-order valence-electron chi connectivity index (χ1n) is 8.98. The van der Waals surface area contributed by atoms with Crippen LogP contribution >= 0.6 is 0 Å². The fourth-order valence-electron chi connectivity index (χ4n) is 2.78. The first kappa shape index (κ1) is 19.2. The lowest BCUT2D eigenvalue weighted by atomic mass is 10.0. The van der Waals surface area contributed by atoms with Gasteiger partial charge in [-0.2, -0.15) is 0 Å². The number of aromatic nitrogens is 2. The van der Waals surface area contributed by atoms with Gasteiger partial charge in [-0.1, -0.05) is 26.0 Å². The Morgan fingerprint density at radius 1 is 1.07 bits per heavy atom. The minimum absolute atomic E-state index is 0.0232. The van der Waals surface area contributed by atoms with E-state index in [1.807, 2.05) is 39.0 Å². The first-order valence-corrected chi connectivity index (χ1v) is 8.98. The molecule has 142 valence electrons. The number of nitrogens with zero attached hydrogens (tertiary/aromatic N) is 2. The molecule has 0 saturated carbocycles. The average molecular weight is 377 g/mol. The van der Waals surface area contributed by atoms with Crippen molar-refractivity contribution < 1.29 is 13.6 Å². The van der Waals surface area contributed by atoms with E-state index in [9.17, 15) is 9.18 Å². The number of anilines is 1. The number of halogens is 1. The van der Waals surface area contributed by atoms with Gasteiger partial charge in [-0.25, -0.2) is 14.4 Å². The Balaban J connectivity index is 0.00000109. The molecule has 5 nitrogen and oxygen atoms in total. The Kier molecular flexibility index (Phi) is 5.79. The van der Waals surface area contributed by atoms with Gasteiger partial charge in [0.2, 0.25) is 0 Å². The summed E-state index contributed by atoms with van der Waals surface area (Å²) in [6.07, 6.45) is 3.06. The van der Waals surface area contributed by atoms with Gasteiger partial charge in [0.05, 0.1) is 5.56 Å². The third kappa shape index (κ3) is 3.91. The molecule has 0 aliphatic carbocycles. The number of hydrogen-bond acceptors (Lipinski definition) is 4. The Bertz CT molecular complexity index is 1100. The molecular formula is C22H20FN3O2.